The van der Waals surface area contributed by atoms with E-state index in [1.54, 1.807) is 0 Å². The van der Waals surface area contributed by atoms with Crippen LogP contribution < -0.4 is 4.90 Å². The van der Waals surface area contributed by atoms with Crippen molar-refractivity contribution in [2.75, 3.05) is 18.0 Å². The molecule has 2 heterocycles. The van der Waals surface area contributed by atoms with Gasteiger partial charge in [-0.05, 0) is 19.3 Å². The van der Waals surface area contributed by atoms with Crippen LogP contribution in [0.4, 0.5) is 5.82 Å². The summed E-state index contributed by atoms with van der Waals surface area (Å²) in [6.07, 6.45) is 5.12. The Kier molecular flexibility index (Phi) is 3.08. The van der Waals surface area contributed by atoms with Crippen molar-refractivity contribution >= 4 is 29.0 Å². The van der Waals surface area contributed by atoms with Crippen molar-refractivity contribution in [1.29, 1.82) is 0 Å². The van der Waals surface area contributed by atoms with Crippen LogP contribution in [0.1, 0.15) is 19.3 Å². The number of rotatable bonds is 1. The lowest BCUT2D eigenvalue weighted by atomic mass is 10.1. The molecule has 1 saturated heterocycles. The van der Waals surface area contributed by atoms with E-state index in [4.69, 9.17) is 23.2 Å². The van der Waals surface area contributed by atoms with E-state index in [2.05, 4.69) is 14.9 Å². The van der Waals surface area contributed by atoms with Crippen LogP contribution >= 0.6 is 23.2 Å². The van der Waals surface area contributed by atoms with Gasteiger partial charge in [-0.1, -0.05) is 23.2 Å². The number of aromatic nitrogens is 2. The smallest absolute Gasteiger partial charge is 0.171 e. The van der Waals surface area contributed by atoms with Crippen LogP contribution in [0.2, 0.25) is 10.3 Å². The van der Waals surface area contributed by atoms with E-state index in [9.17, 15) is 0 Å². The van der Waals surface area contributed by atoms with Crippen LogP contribution in [0.15, 0.2) is 6.20 Å². The molecule has 0 unspecified atom stereocenters. The van der Waals surface area contributed by atoms with Crippen molar-refractivity contribution in [2.24, 2.45) is 0 Å². The lowest BCUT2D eigenvalue weighted by Gasteiger charge is -2.27. The number of hydrogen-bond donors (Lipinski definition) is 0. The van der Waals surface area contributed by atoms with Gasteiger partial charge in [-0.3, -0.25) is 0 Å². The van der Waals surface area contributed by atoms with Gasteiger partial charge in [0.15, 0.2) is 11.0 Å². The highest BCUT2D eigenvalue weighted by Crippen LogP contribution is 2.25. The monoisotopic (exact) mass is 231 g/mol. The first-order valence-corrected chi connectivity index (χ1v) is 5.46. The highest BCUT2D eigenvalue weighted by molar-refractivity contribution is 6.33. The molecule has 1 aromatic heterocycles. The van der Waals surface area contributed by atoms with Gasteiger partial charge in [-0.15, -0.1) is 0 Å². The zero-order valence-electron chi connectivity index (χ0n) is 7.71. The largest absolute Gasteiger partial charge is 0.354 e. The molecule has 0 aromatic carbocycles. The van der Waals surface area contributed by atoms with Crippen molar-refractivity contribution in [3.63, 3.8) is 0 Å². The molecule has 1 aliphatic rings. The standard InChI is InChI=1S/C9H11Cl2N3/c10-7-6-12-8(11)9(13-7)14-4-2-1-3-5-14/h6H,1-5H2. The van der Waals surface area contributed by atoms with Crippen LogP contribution in [-0.4, -0.2) is 23.1 Å². The quantitative estimate of drug-likeness (QED) is 0.745. The van der Waals surface area contributed by atoms with Crippen LogP contribution in [0.3, 0.4) is 0 Å². The van der Waals surface area contributed by atoms with E-state index in [0.29, 0.717) is 10.3 Å². The summed E-state index contributed by atoms with van der Waals surface area (Å²) in [5, 5.41) is 0.839. The zero-order chi connectivity index (χ0) is 9.97. The molecule has 0 aliphatic carbocycles. The molecule has 5 heteroatoms. The molecular weight excluding hydrogens is 221 g/mol. The molecular formula is C9H11Cl2N3. The molecule has 0 radical (unpaired) electrons. The second-order valence-electron chi connectivity index (χ2n) is 3.35. The minimum Gasteiger partial charge on any atom is -0.354 e. The number of nitrogens with zero attached hydrogens (tertiary/aromatic N) is 3. The van der Waals surface area contributed by atoms with Crippen molar-refractivity contribution < 1.29 is 0 Å². The highest BCUT2D eigenvalue weighted by Gasteiger charge is 2.16. The van der Waals surface area contributed by atoms with E-state index >= 15 is 0 Å². The van der Waals surface area contributed by atoms with E-state index in [1.807, 2.05) is 0 Å². The summed E-state index contributed by atoms with van der Waals surface area (Å²) in [6.45, 7) is 1.99. The molecule has 76 valence electrons. The van der Waals surface area contributed by atoms with Gasteiger partial charge in [0.1, 0.15) is 5.15 Å². The zero-order valence-corrected chi connectivity index (χ0v) is 9.22. The third kappa shape index (κ3) is 2.10. The maximum Gasteiger partial charge on any atom is 0.171 e. The van der Waals surface area contributed by atoms with Gasteiger partial charge < -0.3 is 4.90 Å². The Morgan fingerprint density at radius 2 is 1.86 bits per heavy atom. The third-order valence-corrected chi connectivity index (χ3v) is 2.79. The van der Waals surface area contributed by atoms with E-state index in [-0.39, 0.29) is 0 Å². The molecule has 0 N–H and O–H groups in total. The molecule has 1 fully saturated rings. The van der Waals surface area contributed by atoms with Gasteiger partial charge >= 0.3 is 0 Å². The van der Waals surface area contributed by atoms with Crippen LogP contribution in [-0.2, 0) is 0 Å². The minimum atomic E-state index is 0.398. The molecule has 0 bridgehead atoms. The minimum absolute atomic E-state index is 0.398. The Bertz CT molecular complexity index is 324. The van der Waals surface area contributed by atoms with Crippen LogP contribution in [0, 0.1) is 0 Å². The SMILES string of the molecule is Clc1cnc(Cl)c(N2CCCCC2)n1. The fraction of sp³-hybridized carbons (Fsp3) is 0.556. The second-order valence-corrected chi connectivity index (χ2v) is 4.10. The Hall–Kier alpha value is -0.540. The Morgan fingerprint density at radius 3 is 2.57 bits per heavy atom. The molecule has 1 aromatic rings. The predicted octanol–water partition coefficient (Wildman–Crippen LogP) is 2.77. The summed E-state index contributed by atoms with van der Waals surface area (Å²) in [5.74, 6) is 0.721. The van der Waals surface area contributed by atoms with Gasteiger partial charge in [-0.25, -0.2) is 9.97 Å². The fourth-order valence-corrected chi connectivity index (χ4v) is 1.99. The van der Waals surface area contributed by atoms with Gasteiger partial charge in [-0.2, -0.15) is 0 Å². The fourth-order valence-electron chi connectivity index (χ4n) is 1.65. The van der Waals surface area contributed by atoms with E-state index in [0.717, 1.165) is 18.9 Å². The predicted molar refractivity (Wildman–Crippen MR) is 58.1 cm³/mol. The maximum absolute atomic E-state index is 5.96. The topological polar surface area (TPSA) is 29.0 Å². The van der Waals surface area contributed by atoms with Crippen LogP contribution in [0.5, 0.6) is 0 Å². The first kappa shape index (κ1) is 9.99. The number of anilines is 1. The molecule has 0 saturated carbocycles. The average Bonchev–Trinajstić information content (AvgIpc) is 2.23. The van der Waals surface area contributed by atoms with Crippen molar-refractivity contribution in [2.45, 2.75) is 19.3 Å². The molecule has 0 atom stereocenters. The molecule has 1 aliphatic heterocycles. The van der Waals surface area contributed by atoms with Gasteiger partial charge in [0, 0.05) is 13.1 Å². The van der Waals surface area contributed by atoms with Gasteiger partial charge in [0.2, 0.25) is 0 Å². The van der Waals surface area contributed by atoms with E-state index in [1.165, 1.54) is 25.5 Å². The summed E-state index contributed by atoms with van der Waals surface area (Å²) in [7, 11) is 0. The second kappa shape index (κ2) is 4.32. The summed E-state index contributed by atoms with van der Waals surface area (Å²) in [4.78, 5) is 10.3. The maximum atomic E-state index is 5.96. The number of hydrogen-bond acceptors (Lipinski definition) is 3. The highest BCUT2D eigenvalue weighted by atomic mass is 35.5. The normalized spacial score (nSPS) is 17.1. The molecule has 0 amide bonds. The molecule has 14 heavy (non-hydrogen) atoms. The Morgan fingerprint density at radius 1 is 1.14 bits per heavy atom. The Labute approximate surface area is 93.1 Å². The molecule has 0 spiro atoms. The Balaban J connectivity index is 2.24. The van der Waals surface area contributed by atoms with Crippen molar-refractivity contribution in [3.05, 3.63) is 16.5 Å². The van der Waals surface area contributed by atoms with Gasteiger partial charge in [0.25, 0.3) is 0 Å². The van der Waals surface area contributed by atoms with Crippen LogP contribution in [0.25, 0.3) is 0 Å². The molecule has 2 rings (SSSR count). The first-order chi connectivity index (χ1) is 6.77. The summed E-state index contributed by atoms with van der Waals surface area (Å²) < 4.78 is 0. The van der Waals surface area contributed by atoms with Crippen molar-refractivity contribution in [1.82, 2.24) is 9.97 Å². The summed E-state index contributed by atoms with van der Waals surface area (Å²) >= 11 is 11.7. The average molecular weight is 232 g/mol. The first-order valence-electron chi connectivity index (χ1n) is 4.70. The molecule has 3 nitrogen and oxygen atoms in total. The summed E-state index contributed by atoms with van der Waals surface area (Å²) in [6, 6.07) is 0. The van der Waals surface area contributed by atoms with Crippen molar-refractivity contribution in [3.8, 4) is 0 Å². The third-order valence-electron chi connectivity index (χ3n) is 2.34. The summed E-state index contributed by atoms with van der Waals surface area (Å²) in [5.41, 5.74) is 0. The van der Waals surface area contributed by atoms with E-state index < -0.39 is 0 Å². The lowest BCUT2D eigenvalue weighted by Crippen LogP contribution is -2.30. The lowest BCUT2D eigenvalue weighted by molar-refractivity contribution is 0.573. The number of halogens is 2. The van der Waals surface area contributed by atoms with Gasteiger partial charge in [0.05, 0.1) is 6.20 Å². The number of piperidine rings is 1.